The van der Waals surface area contributed by atoms with Gasteiger partial charge in [-0.25, -0.2) is 8.42 Å². The molecule has 1 saturated heterocycles. The molecule has 0 bridgehead atoms. The summed E-state index contributed by atoms with van der Waals surface area (Å²) in [7, 11) is -3.73. The largest absolute Gasteiger partial charge is 0.372 e. The van der Waals surface area contributed by atoms with Crippen molar-refractivity contribution in [3.05, 3.63) is 29.8 Å². The van der Waals surface area contributed by atoms with Gasteiger partial charge in [-0.15, -0.1) is 0 Å². The molecule has 0 spiro atoms. The van der Waals surface area contributed by atoms with Gasteiger partial charge in [0, 0.05) is 32.8 Å². The topological polar surface area (TPSA) is 90.7 Å². The predicted molar refractivity (Wildman–Crippen MR) is 87.6 cm³/mol. The fraction of sp³-hybridized carbons (Fsp3) is 0.500. The summed E-state index contributed by atoms with van der Waals surface area (Å²) in [6.07, 6.45) is 0.845. The fourth-order valence-corrected chi connectivity index (χ4v) is 4.06. The SMILES string of the molecule is CCCOCC(=O)N1CCN(S(=O)(=O)c2ccccc2C#N)CC1. The number of hydrogen-bond acceptors (Lipinski definition) is 5. The number of sulfonamides is 1. The van der Waals surface area contributed by atoms with Crippen LogP contribution in [0.15, 0.2) is 29.2 Å². The Bertz CT molecular complexity index is 719. The first kappa shape index (κ1) is 18.4. The molecule has 0 saturated carbocycles. The van der Waals surface area contributed by atoms with Crippen molar-refractivity contribution in [2.24, 2.45) is 0 Å². The number of carbonyl (C=O) groups excluding carboxylic acids is 1. The van der Waals surface area contributed by atoms with Gasteiger partial charge < -0.3 is 9.64 Å². The third kappa shape index (κ3) is 4.12. The Morgan fingerprint density at radius 1 is 1.25 bits per heavy atom. The lowest BCUT2D eigenvalue weighted by Crippen LogP contribution is -2.51. The van der Waals surface area contributed by atoms with Gasteiger partial charge in [0.25, 0.3) is 0 Å². The van der Waals surface area contributed by atoms with Crippen LogP contribution in [0.2, 0.25) is 0 Å². The molecule has 1 aromatic carbocycles. The van der Waals surface area contributed by atoms with Crippen LogP contribution < -0.4 is 0 Å². The summed E-state index contributed by atoms with van der Waals surface area (Å²) in [5, 5.41) is 9.10. The zero-order valence-electron chi connectivity index (χ0n) is 13.6. The Balaban J connectivity index is 2.01. The van der Waals surface area contributed by atoms with Gasteiger partial charge in [-0.3, -0.25) is 4.79 Å². The van der Waals surface area contributed by atoms with Crippen molar-refractivity contribution in [2.75, 3.05) is 39.4 Å². The monoisotopic (exact) mass is 351 g/mol. The number of nitrogens with zero attached hydrogens (tertiary/aromatic N) is 3. The maximum absolute atomic E-state index is 12.7. The molecular weight excluding hydrogens is 330 g/mol. The second-order valence-corrected chi connectivity index (χ2v) is 7.35. The summed E-state index contributed by atoms with van der Waals surface area (Å²) < 4.78 is 32.0. The number of amides is 1. The molecule has 0 radical (unpaired) electrons. The van der Waals surface area contributed by atoms with E-state index in [9.17, 15) is 13.2 Å². The van der Waals surface area contributed by atoms with E-state index in [0.29, 0.717) is 19.7 Å². The summed E-state index contributed by atoms with van der Waals surface area (Å²) in [5.74, 6) is -0.127. The third-order valence-corrected chi connectivity index (χ3v) is 5.75. The Morgan fingerprint density at radius 3 is 2.54 bits per heavy atom. The van der Waals surface area contributed by atoms with E-state index in [-0.39, 0.29) is 36.1 Å². The lowest BCUT2D eigenvalue weighted by atomic mass is 10.2. The molecule has 0 unspecified atom stereocenters. The van der Waals surface area contributed by atoms with Crippen LogP contribution in [-0.4, -0.2) is 62.9 Å². The minimum absolute atomic E-state index is 0.0126. The maximum Gasteiger partial charge on any atom is 0.248 e. The van der Waals surface area contributed by atoms with Crippen LogP contribution in [0.4, 0.5) is 0 Å². The molecule has 8 heteroatoms. The molecule has 0 aromatic heterocycles. The van der Waals surface area contributed by atoms with Crippen molar-refractivity contribution in [1.29, 1.82) is 5.26 Å². The highest BCUT2D eigenvalue weighted by Gasteiger charge is 2.31. The Labute approximate surface area is 142 Å². The minimum Gasteiger partial charge on any atom is -0.372 e. The van der Waals surface area contributed by atoms with Crippen LogP contribution >= 0.6 is 0 Å². The highest BCUT2D eigenvalue weighted by Crippen LogP contribution is 2.21. The maximum atomic E-state index is 12.7. The number of nitriles is 1. The molecule has 130 valence electrons. The second kappa shape index (κ2) is 8.24. The molecule has 0 atom stereocenters. The van der Waals surface area contributed by atoms with Gasteiger partial charge in [0.2, 0.25) is 15.9 Å². The van der Waals surface area contributed by atoms with E-state index in [1.807, 2.05) is 13.0 Å². The molecule has 1 aliphatic heterocycles. The van der Waals surface area contributed by atoms with Crippen molar-refractivity contribution in [3.63, 3.8) is 0 Å². The van der Waals surface area contributed by atoms with Crippen LogP contribution in [0.1, 0.15) is 18.9 Å². The summed E-state index contributed by atoms with van der Waals surface area (Å²) in [5.41, 5.74) is 0.129. The first-order chi connectivity index (χ1) is 11.5. The van der Waals surface area contributed by atoms with Crippen LogP contribution in [0, 0.1) is 11.3 Å². The van der Waals surface area contributed by atoms with Crippen LogP contribution in [0.3, 0.4) is 0 Å². The van der Waals surface area contributed by atoms with Crippen LogP contribution in [0.5, 0.6) is 0 Å². The standard InChI is InChI=1S/C16H21N3O4S/c1-2-11-23-13-16(20)18-7-9-19(10-8-18)24(21,22)15-6-4-3-5-14(15)12-17/h3-6H,2,7-11,13H2,1H3. The fourth-order valence-electron chi connectivity index (χ4n) is 2.50. The zero-order chi connectivity index (χ0) is 17.6. The summed E-state index contributed by atoms with van der Waals surface area (Å²) >= 11 is 0. The first-order valence-electron chi connectivity index (χ1n) is 7.85. The van der Waals surface area contributed by atoms with E-state index >= 15 is 0 Å². The molecule has 1 fully saturated rings. The van der Waals surface area contributed by atoms with E-state index in [4.69, 9.17) is 10.00 Å². The quantitative estimate of drug-likeness (QED) is 0.708. The van der Waals surface area contributed by atoms with Crippen molar-refractivity contribution in [3.8, 4) is 6.07 Å². The Kier molecular flexibility index (Phi) is 6.31. The van der Waals surface area contributed by atoms with E-state index in [1.165, 1.54) is 16.4 Å². The van der Waals surface area contributed by atoms with Gasteiger partial charge in [0.1, 0.15) is 12.7 Å². The van der Waals surface area contributed by atoms with Gasteiger partial charge in [-0.05, 0) is 18.6 Å². The van der Waals surface area contributed by atoms with E-state index < -0.39 is 10.0 Å². The smallest absolute Gasteiger partial charge is 0.248 e. The molecule has 0 aliphatic carbocycles. The predicted octanol–water partition coefficient (Wildman–Crippen LogP) is 0.818. The first-order valence-corrected chi connectivity index (χ1v) is 9.29. The van der Waals surface area contributed by atoms with E-state index in [1.54, 1.807) is 17.0 Å². The van der Waals surface area contributed by atoms with E-state index in [0.717, 1.165) is 6.42 Å². The highest BCUT2D eigenvalue weighted by molar-refractivity contribution is 7.89. The van der Waals surface area contributed by atoms with Gasteiger partial charge in [0.15, 0.2) is 0 Å². The molecule has 7 nitrogen and oxygen atoms in total. The van der Waals surface area contributed by atoms with E-state index in [2.05, 4.69) is 0 Å². The molecule has 2 rings (SSSR count). The van der Waals surface area contributed by atoms with Crippen molar-refractivity contribution in [2.45, 2.75) is 18.2 Å². The van der Waals surface area contributed by atoms with Gasteiger partial charge in [0.05, 0.1) is 10.5 Å². The Hall–Kier alpha value is -1.95. The molecule has 24 heavy (non-hydrogen) atoms. The van der Waals surface area contributed by atoms with Crippen molar-refractivity contribution < 1.29 is 17.9 Å². The lowest BCUT2D eigenvalue weighted by Gasteiger charge is -2.34. The van der Waals surface area contributed by atoms with Gasteiger partial charge in [-0.1, -0.05) is 19.1 Å². The third-order valence-electron chi connectivity index (χ3n) is 3.79. The number of hydrogen-bond donors (Lipinski definition) is 0. The number of ether oxygens (including phenoxy) is 1. The summed E-state index contributed by atoms with van der Waals surface area (Å²) in [4.78, 5) is 13.6. The van der Waals surface area contributed by atoms with Gasteiger partial charge in [-0.2, -0.15) is 9.57 Å². The second-order valence-electron chi connectivity index (χ2n) is 5.45. The van der Waals surface area contributed by atoms with Crippen molar-refractivity contribution >= 4 is 15.9 Å². The number of carbonyl (C=O) groups is 1. The summed E-state index contributed by atoms with van der Waals surface area (Å²) in [6, 6.07) is 8.05. The van der Waals surface area contributed by atoms with Crippen LogP contribution in [0.25, 0.3) is 0 Å². The average molecular weight is 351 g/mol. The number of benzene rings is 1. The average Bonchev–Trinajstić information content (AvgIpc) is 2.62. The minimum atomic E-state index is -3.73. The lowest BCUT2D eigenvalue weighted by molar-refractivity contribution is -0.137. The zero-order valence-corrected chi connectivity index (χ0v) is 14.5. The molecule has 1 aromatic rings. The molecular formula is C16H21N3O4S. The molecule has 1 heterocycles. The van der Waals surface area contributed by atoms with Gasteiger partial charge >= 0.3 is 0 Å². The Morgan fingerprint density at radius 2 is 1.92 bits per heavy atom. The molecule has 1 aliphatic rings. The van der Waals surface area contributed by atoms with Crippen molar-refractivity contribution in [1.82, 2.24) is 9.21 Å². The van der Waals surface area contributed by atoms with Crippen LogP contribution in [-0.2, 0) is 19.6 Å². The normalized spacial score (nSPS) is 15.9. The highest BCUT2D eigenvalue weighted by atomic mass is 32.2. The summed E-state index contributed by atoms with van der Waals surface area (Å²) in [6.45, 7) is 3.59. The molecule has 0 N–H and O–H groups in total. The molecule has 1 amide bonds. The number of piperazine rings is 1. The number of rotatable bonds is 6.